The molecule has 0 bridgehead atoms. The lowest BCUT2D eigenvalue weighted by atomic mass is 10.0. The normalized spacial score (nSPS) is 14.6. The van der Waals surface area contributed by atoms with Gasteiger partial charge in [0.15, 0.2) is 6.10 Å². The van der Waals surface area contributed by atoms with Gasteiger partial charge in [-0.3, -0.25) is 13.8 Å². The van der Waals surface area contributed by atoms with Gasteiger partial charge in [-0.1, -0.05) is 157 Å². The smallest absolute Gasteiger partial charge is 0.472 e. The molecular weight excluding hydrogens is 709 g/mol. The molecule has 0 saturated heterocycles. The number of rotatable bonds is 38. The minimum Gasteiger partial charge on any atom is -0.498 e. The highest BCUT2D eigenvalue weighted by Crippen LogP contribution is 2.43. The van der Waals surface area contributed by atoms with Gasteiger partial charge in [-0.2, -0.15) is 0 Å². The highest BCUT2D eigenvalue weighted by Gasteiger charge is 2.26. The van der Waals surface area contributed by atoms with E-state index in [9.17, 15) is 14.3 Å². The second-order valence-electron chi connectivity index (χ2n) is 15.1. The van der Waals surface area contributed by atoms with Crippen LogP contribution in [0.15, 0.2) is 85.3 Å². The molecule has 0 radical (unpaired) electrons. The number of hydrogen-bond acceptors (Lipinski definition) is 6. The molecule has 0 aromatic carbocycles. The number of carbonyl (C=O) groups excluding carboxylic acids is 1. The van der Waals surface area contributed by atoms with Gasteiger partial charge < -0.3 is 18.9 Å². The van der Waals surface area contributed by atoms with Gasteiger partial charge in [-0.05, 0) is 63.9 Å². The molecule has 0 amide bonds. The Kier molecular flexibility index (Phi) is 36.7. The lowest BCUT2D eigenvalue weighted by molar-refractivity contribution is -0.870. The number of phosphoric ester groups is 1. The maximum absolute atomic E-state index is 12.6. The van der Waals surface area contributed by atoms with E-state index in [1.165, 1.54) is 70.6 Å². The molecule has 2 unspecified atom stereocenters. The van der Waals surface area contributed by atoms with E-state index in [1.807, 2.05) is 39.4 Å². The third-order valence-corrected chi connectivity index (χ3v) is 9.53. The summed E-state index contributed by atoms with van der Waals surface area (Å²) in [7, 11) is 1.58. The van der Waals surface area contributed by atoms with Crippen molar-refractivity contribution >= 4 is 13.8 Å². The monoisotopic (exact) mass is 791 g/mol. The van der Waals surface area contributed by atoms with Crippen molar-refractivity contribution in [3.8, 4) is 0 Å². The first-order valence-corrected chi connectivity index (χ1v) is 22.9. The quantitative estimate of drug-likeness (QED) is 0.0166. The van der Waals surface area contributed by atoms with Crippen LogP contribution in [-0.4, -0.2) is 69.0 Å². The lowest BCUT2D eigenvalue weighted by Gasteiger charge is -2.24. The maximum Gasteiger partial charge on any atom is 0.472 e. The molecule has 1 N–H and O–H groups in total. The fraction of sp³-hybridized carbons (Fsp3) is 0.674. The molecule has 0 fully saturated rings. The Balaban J connectivity index is 4.46. The number of esters is 1. The highest BCUT2D eigenvalue weighted by atomic mass is 31.2. The molecule has 0 saturated carbocycles. The van der Waals surface area contributed by atoms with Crippen molar-refractivity contribution in [2.24, 2.45) is 0 Å². The molecule has 0 rings (SSSR count). The zero-order valence-electron chi connectivity index (χ0n) is 35.6. The SMILES string of the molecule is CC/C=C\C/C=C\C/C=C\C/C=C\C/C=C\C/C=C\CCC(=O)OC(CO/C=C\CCCCCCCCCCCCCC)COP(=O)(O)OCC[N+](C)(C)C. The zero-order valence-corrected chi connectivity index (χ0v) is 36.5. The number of nitrogens with zero attached hydrogens (tertiary/aromatic N) is 1. The third-order valence-electron chi connectivity index (χ3n) is 8.55. The molecule has 0 spiro atoms. The average molecular weight is 791 g/mol. The van der Waals surface area contributed by atoms with Gasteiger partial charge in [0, 0.05) is 6.42 Å². The Morgan fingerprint density at radius 3 is 1.56 bits per heavy atom. The standard InChI is InChI=1S/C46H80NO7P/c1-6-8-10-12-14-16-18-20-22-23-24-25-26-27-29-31-33-35-37-39-46(48)54-45(44-53-55(49,50)52-42-40-47(3,4)5)43-51-41-38-36-34-32-30-28-21-19-17-15-13-11-9-7-2/h8,10,14,16,20,22,24-25,27,29,33,35,38,41,45H,6-7,9,11-13,15,17-19,21,23,26,28,30-32,34,36-37,39-40,42-44H2,1-5H3/p+1/b10-8-,16-14-,22-20-,25-24-,29-27-,35-33-,41-38-. The second kappa shape index (κ2) is 38.4. The molecule has 9 heteroatoms. The van der Waals surface area contributed by atoms with E-state index in [2.05, 4.69) is 74.6 Å². The van der Waals surface area contributed by atoms with Gasteiger partial charge in [0.2, 0.25) is 0 Å². The summed E-state index contributed by atoms with van der Waals surface area (Å²) in [6.07, 6.45) is 51.5. The summed E-state index contributed by atoms with van der Waals surface area (Å²) in [5.41, 5.74) is 0. The van der Waals surface area contributed by atoms with Crippen molar-refractivity contribution in [1.29, 1.82) is 0 Å². The number of likely N-dealkylation sites (N-methyl/N-ethyl adjacent to an activating group) is 1. The van der Waals surface area contributed by atoms with Crippen molar-refractivity contribution < 1.29 is 37.3 Å². The van der Waals surface area contributed by atoms with Gasteiger partial charge in [0.25, 0.3) is 0 Å². The summed E-state index contributed by atoms with van der Waals surface area (Å²) >= 11 is 0. The van der Waals surface area contributed by atoms with Crippen LogP contribution in [0.4, 0.5) is 0 Å². The Morgan fingerprint density at radius 1 is 0.600 bits per heavy atom. The molecular formula is C46H81NO7P+. The maximum atomic E-state index is 12.6. The first kappa shape index (κ1) is 52.5. The zero-order chi connectivity index (χ0) is 40.6. The van der Waals surface area contributed by atoms with E-state index < -0.39 is 19.9 Å². The van der Waals surface area contributed by atoms with Crippen molar-refractivity contribution in [3.63, 3.8) is 0 Å². The van der Waals surface area contributed by atoms with Crippen LogP contribution in [0, 0.1) is 0 Å². The average Bonchev–Trinajstić information content (AvgIpc) is 3.13. The number of quaternary nitrogens is 1. The van der Waals surface area contributed by atoms with E-state index in [1.54, 1.807) is 6.26 Å². The molecule has 0 aliphatic rings. The predicted octanol–water partition coefficient (Wildman–Crippen LogP) is 12.8. The number of allylic oxidation sites excluding steroid dienone is 13. The number of unbranched alkanes of at least 4 members (excludes halogenated alkanes) is 12. The minimum atomic E-state index is -4.31. The van der Waals surface area contributed by atoms with E-state index in [0.717, 1.165) is 51.4 Å². The van der Waals surface area contributed by atoms with Crippen LogP contribution in [0.3, 0.4) is 0 Å². The van der Waals surface area contributed by atoms with Crippen molar-refractivity contribution in [1.82, 2.24) is 0 Å². The topological polar surface area (TPSA) is 91.3 Å². The van der Waals surface area contributed by atoms with Gasteiger partial charge >= 0.3 is 13.8 Å². The summed E-state index contributed by atoms with van der Waals surface area (Å²) in [5.74, 6) is -0.420. The Bertz CT molecular complexity index is 1150. The first-order valence-electron chi connectivity index (χ1n) is 21.4. The van der Waals surface area contributed by atoms with Crippen LogP contribution in [0.1, 0.15) is 149 Å². The summed E-state index contributed by atoms with van der Waals surface area (Å²) in [6, 6.07) is 0. The molecule has 0 aliphatic carbocycles. The number of carbonyl (C=O) groups is 1. The van der Waals surface area contributed by atoms with Gasteiger partial charge in [0.1, 0.15) is 19.8 Å². The molecule has 0 aromatic heterocycles. The Labute approximate surface area is 337 Å². The molecule has 8 nitrogen and oxygen atoms in total. The summed E-state index contributed by atoms with van der Waals surface area (Å²) < 4.78 is 34.6. The van der Waals surface area contributed by atoms with Crippen LogP contribution < -0.4 is 0 Å². The molecule has 2 atom stereocenters. The third kappa shape index (κ3) is 42.5. The number of hydrogen-bond donors (Lipinski definition) is 1. The van der Waals surface area contributed by atoms with Gasteiger partial charge in [-0.25, -0.2) is 4.57 Å². The summed E-state index contributed by atoms with van der Waals surface area (Å²) in [4.78, 5) is 22.8. The minimum absolute atomic E-state index is 0.0134. The molecule has 0 aromatic rings. The van der Waals surface area contributed by atoms with E-state index >= 15 is 0 Å². The van der Waals surface area contributed by atoms with Gasteiger partial charge in [0.05, 0.1) is 34.0 Å². The Morgan fingerprint density at radius 2 is 1.07 bits per heavy atom. The first-order chi connectivity index (χ1) is 26.6. The van der Waals surface area contributed by atoms with Crippen LogP contribution in [0.25, 0.3) is 0 Å². The number of ether oxygens (including phenoxy) is 2. The molecule has 55 heavy (non-hydrogen) atoms. The second-order valence-corrected chi connectivity index (χ2v) is 16.5. The van der Waals surface area contributed by atoms with Crippen LogP contribution in [0.5, 0.6) is 0 Å². The van der Waals surface area contributed by atoms with Gasteiger partial charge in [-0.15, -0.1) is 0 Å². The molecule has 0 aliphatic heterocycles. The Hall–Kier alpha value is -2.48. The van der Waals surface area contributed by atoms with E-state index in [4.69, 9.17) is 18.5 Å². The fourth-order valence-electron chi connectivity index (χ4n) is 5.25. The van der Waals surface area contributed by atoms with Crippen LogP contribution >= 0.6 is 7.82 Å². The van der Waals surface area contributed by atoms with Crippen molar-refractivity contribution in [2.75, 3.05) is 47.5 Å². The molecule has 0 heterocycles. The summed E-state index contributed by atoms with van der Waals surface area (Å²) in [6.45, 7) is 4.71. The lowest BCUT2D eigenvalue weighted by Crippen LogP contribution is -2.37. The largest absolute Gasteiger partial charge is 0.498 e. The van der Waals surface area contributed by atoms with Crippen molar-refractivity contribution in [3.05, 3.63) is 85.3 Å². The van der Waals surface area contributed by atoms with E-state index in [0.29, 0.717) is 17.4 Å². The highest BCUT2D eigenvalue weighted by molar-refractivity contribution is 7.47. The summed E-state index contributed by atoms with van der Waals surface area (Å²) in [5, 5.41) is 0. The number of phosphoric acid groups is 1. The van der Waals surface area contributed by atoms with Crippen molar-refractivity contribution in [2.45, 2.75) is 155 Å². The van der Waals surface area contributed by atoms with E-state index in [-0.39, 0.29) is 26.2 Å². The fourth-order valence-corrected chi connectivity index (χ4v) is 5.99. The predicted molar refractivity (Wildman–Crippen MR) is 233 cm³/mol. The molecule has 316 valence electrons. The van der Waals surface area contributed by atoms with Crippen LogP contribution in [0.2, 0.25) is 0 Å². The van der Waals surface area contributed by atoms with Crippen LogP contribution in [-0.2, 0) is 27.9 Å².